The third-order valence-corrected chi connectivity index (χ3v) is 5.58. The maximum Gasteiger partial charge on any atom is 0.410 e. The molecule has 212 valence electrons. The molecule has 8 nitrogen and oxygen atoms in total. The van der Waals surface area contributed by atoms with Gasteiger partial charge in [-0.15, -0.1) is 0 Å². The van der Waals surface area contributed by atoms with E-state index in [1.165, 1.54) is 18.2 Å². The fraction of sp³-hybridized carbons (Fsp3) is 0.452. The van der Waals surface area contributed by atoms with Gasteiger partial charge in [-0.05, 0) is 96.0 Å². The number of methoxy groups -OCH3 is 2. The number of allylic oxidation sites excluding steroid dienone is 1. The van der Waals surface area contributed by atoms with E-state index in [4.69, 9.17) is 23.7 Å². The second kappa shape index (κ2) is 13.3. The second-order valence-corrected chi connectivity index (χ2v) is 11.1. The van der Waals surface area contributed by atoms with E-state index in [0.717, 1.165) is 18.4 Å². The zero-order valence-corrected chi connectivity index (χ0v) is 24.4. The first kappa shape index (κ1) is 31.4. The average molecular weight is 541 g/mol. The molecule has 0 heterocycles. The number of carbonyl (C=O) groups excluding carboxylic acids is 3. The molecule has 39 heavy (non-hydrogen) atoms. The summed E-state index contributed by atoms with van der Waals surface area (Å²) in [7, 11) is 3.16. The van der Waals surface area contributed by atoms with Crippen LogP contribution in [-0.4, -0.2) is 38.4 Å². The van der Waals surface area contributed by atoms with Gasteiger partial charge in [-0.1, -0.05) is 19.4 Å². The zero-order valence-electron chi connectivity index (χ0n) is 24.4. The van der Waals surface area contributed by atoms with Gasteiger partial charge < -0.3 is 23.7 Å². The van der Waals surface area contributed by atoms with Gasteiger partial charge in [0.2, 0.25) is 0 Å². The van der Waals surface area contributed by atoms with E-state index in [-0.39, 0.29) is 11.5 Å². The minimum atomic E-state index is -1.58. The molecule has 8 heteroatoms. The molecule has 0 aliphatic carbocycles. The second-order valence-electron chi connectivity index (χ2n) is 11.1. The highest BCUT2D eigenvalue weighted by Crippen LogP contribution is 2.34. The van der Waals surface area contributed by atoms with Crippen molar-refractivity contribution in [1.82, 2.24) is 0 Å². The van der Waals surface area contributed by atoms with Crippen molar-refractivity contribution in [3.05, 3.63) is 59.2 Å². The fourth-order valence-electron chi connectivity index (χ4n) is 3.33. The van der Waals surface area contributed by atoms with Gasteiger partial charge in [-0.3, -0.25) is 14.4 Å². The summed E-state index contributed by atoms with van der Waals surface area (Å²) >= 11 is 0. The number of rotatable bonds is 11. The SMILES string of the molecule is CCCc1ccc(OC)c(/C=C/C(=O)c2ccc(OC(OC(=O)C(C)(C)C)OC(=O)C(C)(C)C)cc2)c1OC. The first-order chi connectivity index (χ1) is 18.2. The third-order valence-electron chi connectivity index (χ3n) is 5.58. The van der Waals surface area contributed by atoms with Crippen molar-refractivity contribution >= 4 is 23.8 Å². The summed E-state index contributed by atoms with van der Waals surface area (Å²) < 4.78 is 27.4. The van der Waals surface area contributed by atoms with Crippen LogP contribution in [0.4, 0.5) is 0 Å². The highest BCUT2D eigenvalue weighted by atomic mass is 16.9. The van der Waals surface area contributed by atoms with Crippen LogP contribution < -0.4 is 14.2 Å². The minimum absolute atomic E-state index is 0.249. The van der Waals surface area contributed by atoms with Crippen molar-refractivity contribution < 1.29 is 38.1 Å². The Kier molecular flexibility index (Phi) is 10.7. The minimum Gasteiger partial charge on any atom is -0.496 e. The van der Waals surface area contributed by atoms with Crippen LogP contribution in [0.15, 0.2) is 42.5 Å². The van der Waals surface area contributed by atoms with Gasteiger partial charge in [0.15, 0.2) is 5.78 Å². The Hall–Kier alpha value is -3.81. The Labute approximate surface area is 231 Å². The van der Waals surface area contributed by atoms with Crippen molar-refractivity contribution in [2.24, 2.45) is 10.8 Å². The number of hydrogen-bond donors (Lipinski definition) is 0. The normalized spacial score (nSPS) is 11.8. The molecule has 2 aromatic rings. The number of ether oxygens (including phenoxy) is 5. The van der Waals surface area contributed by atoms with Gasteiger partial charge in [0.05, 0.1) is 30.6 Å². The van der Waals surface area contributed by atoms with Crippen molar-refractivity contribution in [3.8, 4) is 17.2 Å². The molecule has 0 saturated carbocycles. The highest BCUT2D eigenvalue weighted by molar-refractivity contribution is 6.07. The lowest BCUT2D eigenvalue weighted by Gasteiger charge is -2.25. The van der Waals surface area contributed by atoms with Crippen molar-refractivity contribution in [1.29, 1.82) is 0 Å². The van der Waals surface area contributed by atoms with Gasteiger partial charge in [0, 0.05) is 5.56 Å². The number of hydrogen-bond acceptors (Lipinski definition) is 8. The van der Waals surface area contributed by atoms with Crippen molar-refractivity contribution in [2.75, 3.05) is 14.2 Å². The number of ketones is 1. The van der Waals surface area contributed by atoms with Gasteiger partial charge in [-0.2, -0.15) is 0 Å². The van der Waals surface area contributed by atoms with Crippen molar-refractivity contribution in [2.45, 2.75) is 67.8 Å². The quantitative estimate of drug-likeness (QED) is 0.140. The summed E-state index contributed by atoms with van der Waals surface area (Å²) in [6, 6.07) is 10.0. The molecular formula is C31H40O8. The van der Waals surface area contributed by atoms with Crippen molar-refractivity contribution in [3.63, 3.8) is 0 Å². The molecule has 0 spiro atoms. The summed E-state index contributed by atoms with van der Waals surface area (Å²) in [5, 5.41) is 0. The van der Waals surface area contributed by atoms with Crippen LogP contribution in [0.3, 0.4) is 0 Å². The van der Waals surface area contributed by atoms with Crippen LogP contribution in [0, 0.1) is 10.8 Å². The monoisotopic (exact) mass is 540 g/mol. The summed E-state index contributed by atoms with van der Waals surface area (Å²) in [5.41, 5.74) is 0.447. The molecule has 0 aromatic heterocycles. The first-order valence-electron chi connectivity index (χ1n) is 12.9. The molecule has 0 radical (unpaired) electrons. The van der Waals surface area contributed by atoms with E-state index in [1.807, 2.05) is 12.1 Å². The standard InChI is InChI=1S/C31H40O8/c1-10-11-21-14-19-25(35-8)23(26(21)36-9)17-18-24(32)20-12-15-22(16-13-20)37-29(38-27(33)30(2,3)4)39-28(34)31(5,6)7/h12-19,29H,10-11H2,1-9H3/b18-17+. The average Bonchev–Trinajstić information content (AvgIpc) is 2.86. The lowest BCUT2D eigenvalue weighted by molar-refractivity contribution is -0.244. The van der Waals surface area contributed by atoms with E-state index in [9.17, 15) is 14.4 Å². The molecule has 0 N–H and O–H groups in total. The van der Waals surface area contributed by atoms with Gasteiger partial charge in [-0.25, -0.2) is 0 Å². The van der Waals surface area contributed by atoms with Crippen LogP contribution in [-0.2, 0) is 25.5 Å². The number of aryl methyl sites for hydroxylation is 1. The molecule has 0 atom stereocenters. The topological polar surface area (TPSA) is 97.4 Å². The number of esters is 2. The Balaban J connectivity index is 2.24. The summed E-state index contributed by atoms with van der Waals surface area (Å²) in [6.07, 6.45) is 4.91. The lowest BCUT2D eigenvalue weighted by atomic mass is 9.97. The number of carbonyl (C=O) groups is 3. The largest absolute Gasteiger partial charge is 0.496 e. The van der Waals surface area contributed by atoms with Crippen LogP contribution in [0.1, 0.15) is 76.4 Å². The Morgan fingerprint density at radius 1 is 0.821 bits per heavy atom. The van der Waals surface area contributed by atoms with E-state index in [2.05, 4.69) is 6.92 Å². The van der Waals surface area contributed by atoms with E-state index in [0.29, 0.717) is 22.6 Å². The van der Waals surface area contributed by atoms with Crippen LogP contribution in [0.25, 0.3) is 6.08 Å². The molecule has 0 bridgehead atoms. The molecule has 0 aliphatic heterocycles. The molecule has 0 unspecified atom stereocenters. The van der Waals surface area contributed by atoms with E-state index in [1.54, 1.807) is 74.0 Å². The molecule has 0 aliphatic rings. The van der Waals surface area contributed by atoms with Gasteiger partial charge in [0.25, 0.3) is 0 Å². The molecule has 0 amide bonds. The fourth-order valence-corrected chi connectivity index (χ4v) is 3.33. The predicted octanol–water partition coefficient (Wildman–Crippen LogP) is 6.39. The predicted molar refractivity (Wildman–Crippen MR) is 149 cm³/mol. The highest BCUT2D eigenvalue weighted by Gasteiger charge is 2.32. The molecule has 0 fully saturated rings. The Morgan fingerprint density at radius 2 is 1.38 bits per heavy atom. The Morgan fingerprint density at radius 3 is 1.85 bits per heavy atom. The Bertz CT molecular complexity index is 1150. The van der Waals surface area contributed by atoms with E-state index < -0.39 is 29.2 Å². The van der Waals surface area contributed by atoms with E-state index >= 15 is 0 Å². The first-order valence-corrected chi connectivity index (χ1v) is 12.9. The molecule has 0 saturated heterocycles. The molecule has 2 aromatic carbocycles. The summed E-state index contributed by atoms with van der Waals surface area (Å²) in [6.45, 7) is 10.6. The van der Waals surface area contributed by atoms with Gasteiger partial charge >= 0.3 is 18.4 Å². The van der Waals surface area contributed by atoms with Crippen LogP contribution in [0.2, 0.25) is 0 Å². The summed E-state index contributed by atoms with van der Waals surface area (Å²) in [5.74, 6) is 0.0748. The zero-order chi connectivity index (χ0) is 29.4. The maximum atomic E-state index is 12.9. The maximum absolute atomic E-state index is 12.9. The smallest absolute Gasteiger partial charge is 0.410 e. The van der Waals surface area contributed by atoms with Crippen LogP contribution >= 0.6 is 0 Å². The molecule has 2 rings (SSSR count). The van der Waals surface area contributed by atoms with Gasteiger partial charge in [0.1, 0.15) is 17.2 Å². The molecular weight excluding hydrogens is 500 g/mol. The third kappa shape index (κ3) is 8.87. The lowest BCUT2D eigenvalue weighted by Crippen LogP contribution is -2.37. The summed E-state index contributed by atoms with van der Waals surface area (Å²) in [4.78, 5) is 37.8. The number of benzene rings is 2. The van der Waals surface area contributed by atoms with Crippen LogP contribution in [0.5, 0.6) is 17.2 Å².